The van der Waals surface area contributed by atoms with Crippen LogP contribution in [0.15, 0.2) is 71.3 Å². The maximum Gasteiger partial charge on any atom is 0.191 e. The molecule has 154 valence electrons. The predicted molar refractivity (Wildman–Crippen MR) is 126 cm³/mol. The van der Waals surface area contributed by atoms with Crippen LogP contribution in [0.3, 0.4) is 0 Å². The second kappa shape index (κ2) is 7.55. The molecule has 31 heavy (non-hydrogen) atoms. The van der Waals surface area contributed by atoms with Gasteiger partial charge in [0.25, 0.3) is 0 Å². The molecule has 0 aliphatic heterocycles. The molecule has 4 nitrogen and oxygen atoms in total. The minimum absolute atomic E-state index is 0.664. The highest BCUT2D eigenvalue weighted by molar-refractivity contribution is 5.89. The number of oxazole rings is 1. The SMILES string of the molecule is CCn1c(-c2ccccc2-c2ccc(C)cc2C)nc2cc(-c3cnc(C)o3)ccc21. The molecule has 5 rings (SSSR count). The standard InChI is InChI=1S/C27H25N3O/c1-5-30-25-13-11-20(26-16-28-19(4)31-26)15-24(25)29-27(30)23-9-7-6-8-22(23)21-12-10-17(2)14-18(21)3/h6-16H,5H2,1-4H3. The van der Waals surface area contributed by atoms with Gasteiger partial charge in [-0.05, 0) is 55.7 Å². The minimum atomic E-state index is 0.664. The first-order valence-corrected chi connectivity index (χ1v) is 10.6. The highest BCUT2D eigenvalue weighted by Gasteiger charge is 2.17. The van der Waals surface area contributed by atoms with E-state index < -0.39 is 0 Å². The monoisotopic (exact) mass is 407 g/mol. The quantitative estimate of drug-likeness (QED) is 0.323. The van der Waals surface area contributed by atoms with Gasteiger partial charge in [0.2, 0.25) is 0 Å². The fourth-order valence-corrected chi connectivity index (χ4v) is 4.33. The van der Waals surface area contributed by atoms with E-state index in [2.05, 4.69) is 91.0 Å². The van der Waals surface area contributed by atoms with Gasteiger partial charge in [-0.1, -0.05) is 48.0 Å². The van der Waals surface area contributed by atoms with Crippen molar-refractivity contribution in [3.05, 3.63) is 83.9 Å². The normalized spacial score (nSPS) is 11.4. The predicted octanol–water partition coefficient (Wildman–Crippen LogP) is 6.97. The van der Waals surface area contributed by atoms with Crippen LogP contribution in [-0.4, -0.2) is 14.5 Å². The Hall–Kier alpha value is -3.66. The molecule has 0 N–H and O–H groups in total. The molecule has 0 atom stereocenters. The van der Waals surface area contributed by atoms with Crippen LogP contribution in [-0.2, 0) is 6.54 Å². The molecule has 3 aromatic carbocycles. The first-order valence-electron chi connectivity index (χ1n) is 10.6. The Bertz CT molecular complexity index is 1410. The smallest absolute Gasteiger partial charge is 0.191 e. The van der Waals surface area contributed by atoms with Crippen molar-refractivity contribution in [3.8, 4) is 33.8 Å². The van der Waals surface area contributed by atoms with Crippen molar-refractivity contribution in [3.63, 3.8) is 0 Å². The van der Waals surface area contributed by atoms with Crippen LogP contribution in [0, 0.1) is 20.8 Å². The fourth-order valence-electron chi connectivity index (χ4n) is 4.33. The molecule has 0 saturated carbocycles. The van der Waals surface area contributed by atoms with E-state index in [1.807, 2.05) is 6.92 Å². The van der Waals surface area contributed by atoms with Crippen molar-refractivity contribution < 1.29 is 4.42 Å². The molecule has 0 aliphatic rings. The number of benzene rings is 3. The molecule has 0 fully saturated rings. The van der Waals surface area contributed by atoms with Gasteiger partial charge in [-0.2, -0.15) is 0 Å². The zero-order valence-electron chi connectivity index (χ0n) is 18.3. The van der Waals surface area contributed by atoms with Crippen LogP contribution >= 0.6 is 0 Å². The van der Waals surface area contributed by atoms with Gasteiger partial charge >= 0.3 is 0 Å². The summed E-state index contributed by atoms with van der Waals surface area (Å²) in [6.07, 6.45) is 1.77. The third kappa shape index (κ3) is 3.34. The molecule has 0 amide bonds. The lowest BCUT2D eigenvalue weighted by Crippen LogP contribution is -1.99. The number of aromatic nitrogens is 3. The van der Waals surface area contributed by atoms with Gasteiger partial charge in [0.1, 0.15) is 5.82 Å². The molecular formula is C27H25N3O. The van der Waals surface area contributed by atoms with Crippen LogP contribution in [0.25, 0.3) is 44.9 Å². The van der Waals surface area contributed by atoms with Gasteiger partial charge < -0.3 is 8.98 Å². The number of nitrogens with zero attached hydrogens (tertiary/aromatic N) is 3. The molecule has 2 heterocycles. The van der Waals surface area contributed by atoms with Gasteiger partial charge in [0, 0.05) is 24.6 Å². The van der Waals surface area contributed by atoms with E-state index >= 15 is 0 Å². The van der Waals surface area contributed by atoms with E-state index in [1.165, 1.54) is 22.3 Å². The van der Waals surface area contributed by atoms with Gasteiger partial charge in [0.05, 0.1) is 17.2 Å². The zero-order chi connectivity index (χ0) is 21.5. The Morgan fingerprint density at radius 1 is 0.871 bits per heavy atom. The number of rotatable bonds is 4. The lowest BCUT2D eigenvalue weighted by molar-refractivity contribution is 0.534. The summed E-state index contributed by atoms with van der Waals surface area (Å²) in [7, 11) is 0. The summed E-state index contributed by atoms with van der Waals surface area (Å²) in [6.45, 7) is 9.17. The summed E-state index contributed by atoms with van der Waals surface area (Å²) >= 11 is 0. The molecule has 2 aromatic heterocycles. The summed E-state index contributed by atoms with van der Waals surface area (Å²) < 4.78 is 8.01. The minimum Gasteiger partial charge on any atom is -0.441 e. The molecule has 0 spiro atoms. The van der Waals surface area contributed by atoms with Gasteiger partial charge in [-0.15, -0.1) is 0 Å². The zero-order valence-corrected chi connectivity index (χ0v) is 18.3. The van der Waals surface area contributed by atoms with Crippen molar-refractivity contribution in [1.29, 1.82) is 0 Å². The number of aryl methyl sites for hydroxylation is 4. The Morgan fingerprint density at radius 3 is 2.39 bits per heavy atom. The molecule has 0 aliphatic carbocycles. The third-order valence-corrected chi connectivity index (χ3v) is 5.81. The van der Waals surface area contributed by atoms with Crippen molar-refractivity contribution in [2.24, 2.45) is 0 Å². The number of fused-ring (bicyclic) bond motifs is 1. The second-order valence-corrected chi connectivity index (χ2v) is 7.99. The van der Waals surface area contributed by atoms with Crippen LogP contribution in [0.5, 0.6) is 0 Å². The van der Waals surface area contributed by atoms with Gasteiger partial charge in [-0.25, -0.2) is 9.97 Å². The van der Waals surface area contributed by atoms with Gasteiger partial charge in [-0.3, -0.25) is 0 Å². The average Bonchev–Trinajstić information content (AvgIpc) is 3.36. The van der Waals surface area contributed by atoms with Crippen molar-refractivity contribution in [2.45, 2.75) is 34.2 Å². The van der Waals surface area contributed by atoms with Crippen molar-refractivity contribution in [1.82, 2.24) is 14.5 Å². The molecule has 4 heteroatoms. The molecule has 0 bridgehead atoms. The summed E-state index contributed by atoms with van der Waals surface area (Å²) in [6, 6.07) is 21.5. The first-order chi connectivity index (χ1) is 15.0. The summed E-state index contributed by atoms with van der Waals surface area (Å²) in [4.78, 5) is 9.31. The molecule has 0 saturated heterocycles. The maximum absolute atomic E-state index is 5.72. The summed E-state index contributed by atoms with van der Waals surface area (Å²) in [5.41, 5.74) is 9.20. The highest BCUT2D eigenvalue weighted by Crippen LogP contribution is 2.36. The maximum atomic E-state index is 5.72. The Morgan fingerprint density at radius 2 is 1.68 bits per heavy atom. The van der Waals surface area contributed by atoms with Crippen LogP contribution in [0.1, 0.15) is 23.9 Å². The Labute approximate surface area is 182 Å². The van der Waals surface area contributed by atoms with E-state index in [9.17, 15) is 0 Å². The Kier molecular flexibility index (Phi) is 4.70. The topological polar surface area (TPSA) is 43.9 Å². The van der Waals surface area contributed by atoms with Crippen LogP contribution in [0.2, 0.25) is 0 Å². The van der Waals surface area contributed by atoms with E-state index in [-0.39, 0.29) is 0 Å². The Balaban J connectivity index is 1.70. The van der Waals surface area contributed by atoms with E-state index in [0.29, 0.717) is 5.89 Å². The van der Waals surface area contributed by atoms with Crippen molar-refractivity contribution >= 4 is 11.0 Å². The third-order valence-electron chi connectivity index (χ3n) is 5.81. The van der Waals surface area contributed by atoms with Crippen LogP contribution in [0.4, 0.5) is 0 Å². The van der Waals surface area contributed by atoms with E-state index in [4.69, 9.17) is 9.40 Å². The largest absolute Gasteiger partial charge is 0.441 e. The first kappa shape index (κ1) is 19.3. The molecule has 0 radical (unpaired) electrons. The van der Waals surface area contributed by atoms with Crippen molar-refractivity contribution in [2.75, 3.05) is 0 Å². The number of imidazole rings is 1. The second-order valence-electron chi connectivity index (χ2n) is 7.99. The highest BCUT2D eigenvalue weighted by atomic mass is 16.4. The van der Waals surface area contributed by atoms with Gasteiger partial charge in [0.15, 0.2) is 11.7 Å². The molecular weight excluding hydrogens is 382 g/mol. The molecule has 0 unspecified atom stereocenters. The average molecular weight is 408 g/mol. The number of hydrogen-bond acceptors (Lipinski definition) is 3. The fraction of sp³-hybridized carbons (Fsp3) is 0.185. The lowest BCUT2D eigenvalue weighted by atomic mass is 9.94. The van der Waals surface area contributed by atoms with E-state index in [0.717, 1.165) is 40.3 Å². The molecule has 5 aromatic rings. The lowest BCUT2D eigenvalue weighted by Gasteiger charge is -2.14. The summed E-state index contributed by atoms with van der Waals surface area (Å²) in [5.74, 6) is 2.42. The van der Waals surface area contributed by atoms with E-state index in [1.54, 1.807) is 6.20 Å². The van der Waals surface area contributed by atoms with Crippen LogP contribution < -0.4 is 0 Å². The number of hydrogen-bond donors (Lipinski definition) is 0. The summed E-state index contributed by atoms with van der Waals surface area (Å²) in [5, 5.41) is 0.